The first-order valence-corrected chi connectivity index (χ1v) is 8.54. The lowest BCUT2D eigenvalue weighted by molar-refractivity contribution is -0.119. The van der Waals surface area contributed by atoms with Crippen molar-refractivity contribution in [3.63, 3.8) is 0 Å². The summed E-state index contributed by atoms with van der Waals surface area (Å²) >= 11 is 1.63. The Balaban J connectivity index is 1.82. The van der Waals surface area contributed by atoms with Crippen molar-refractivity contribution >= 4 is 17.7 Å². The van der Waals surface area contributed by atoms with Crippen molar-refractivity contribution in [2.45, 2.75) is 51.0 Å². The van der Waals surface area contributed by atoms with Crippen LogP contribution in [0, 0.1) is 18.8 Å². The van der Waals surface area contributed by atoms with E-state index in [9.17, 15) is 4.79 Å². The highest BCUT2D eigenvalue weighted by Crippen LogP contribution is 2.29. The number of rotatable bonds is 4. The maximum absolute atomic E-state index is 12.1. The molecule has 0 radical (unpaired) electrons. The van der Waals surface area contributed by atoms with E-state index in [0.717, 1.165) is 12.3 Å². The van der Waals surface area contributed by atoms with Crippen molar-refractivity contribution in [3.05, 3.63) is 29.8 Å². The number of hydrogen-bond acceptors (Lipinski definition) is 2. The zero-order valence-corrected chi connectivity index (χ0v) is 13.5. The third-order valence-electron chi connectivity index (χ3n) is 4.51. The standard InChI is InChI=1S/C17H25NOS/c1-12-8-6-9-15(14(12)3)18-17(19)11-20-16-10-5-4-7-13(16)2/h4-5,7,10,12,14-15H,6,8-9,11H2,1-3H3,(H,18,19). The van der Waals surface area contributed by atoms with Gasteiger partial charge in [0.15, 0.2) is 0 Å². The fourth-order valence-corrected chi connectivity index (χ4v) is 3.74. The summed E-state index contributed by atoms with van der Waals surface area (Å²) in [5, 5.41) is 3.23. The molecule has 0 aliphatic heterocycles. The number of aryl methyl sites for hydroxylation is 1. The Labute approximate surface area is 126 Å². The van der Waals surface area contributed by atoms with Crippen molar-refractivity contribution < 1.29 is 4.79 Å². The van der Waals surface area contributed by atoms with Gasteiger partial charge in [-0.2, -0.15) is 0 Å². The number of hydrogen-bond donors (Lipinski definition) is 1. The Morgan fingerprint density at radius 1 is 1.30 bits per heavy atom. The molecule has 0 saturated heterocycles. The normalized spacial score (nSPS) is 26.2. The fourth-order valence-electron chi connectivity index (χ4n) is 2.90. The van der Waals surface area contributed by atoms with Gasteiger partial charge in [-0.05, 0) is 36.8 Å². The molecule has 110 valence electrons. The molecule has 20 heavy (non-hydrogen) atoms. The van der Waals surface area contributed by atoms with Crippen LogP contribution >= 0.6 is 11.8 Å². The van der Waals surface area contributed by atoms with Crippen LogP contribution in [0.5, 0.6) is 0 Å². The zero-order chi connectivity index (χ0) is 14.5. The van der Waals surface area contributed by atoms with Crippen molar-refractivity contribution in [2.24, 2.45) is 11.8 Å². The van der Waals surface area contributed by atoms with Gasteiger partial charge in [0, 0.05) is 10.9 Å². The summed E-state index contributed by atoms with van der Waals surface area (Å²) in [6, 6.07) is 8.59. The Kier molecular flexibility index (Phi) is 5.53. The Bertz CT molecular complexity index is 460. The summed E-state index contributed by atoms with van der Waals surface area (Å²) in [4.78, 5) is 13.3. The molecule has 1 N–H and O–H groups in total. The summed E-state index contributed by atoms with van der Waals surface area (Å²) in [6.45, 7) is 6.65. The van der Waals surface area contributed by atoms with Gasteiger partial charge in [0.1, 0.15) is 0 Å². The molecule has 0 spiro atoms. The van der Waals surface area contributed by atoms with Crippen molar-refractivity contribution in [1.29, 1.82) is 0 Å². The van der Waals surface area contributed by atoms with Gasteiger partial charge in [-0.3, -0.25) is 4.79 Å². The molecule has 1 saturated carbocycles. The monoisotopic (exact) mass is 291 g/mol. The van der Waals surface area contributed by atoms with Crippen LogP contribution in [0.2, 0.25) is 0 Å². The average molecular weight is 291 g/mol. The molecule has 0 aromatic heterocycles. The van der Waals surface area contributed by atoms with E-state index < -0.39 is 0 Å². The minimum absolute atomic E-state index is 0.171. The van der Waals surface area contributed by atoms with Crippen molar-refractivity contribution in [1.82, 2.24) is 5.32 Å². The summed E-state index contributed by atoms with van der Waals surface area (Å²) in [7, 11) is 0. The SMILES string of the molecule is Cc1ccccc1SCC(=O)NC1CCCC(C)C1C. The minimum atomic E-state index is 0.171. The van der Waals surface area contributed by atoms with Crippen LogP contribution in [0.25, 0.3) is 0 Å². The topological polar surface area (TPSA) is 29.1 Å². The van der Waals surface area contributed by atoms with Gasteiger partial charge >= 0.3 is 0 Å². The largest absolute Gasteiger partial charge is 0.352 e. The maximum atomic E-state index is 12.1. The van der Waals surface area contributed by atoms with Crippen LogP contribution in [0.1, 0.15) is 38.7 Å². The van der Waals surface area contributed by atoms with Crippen LogP contribution in [0.15, 0.2) is 29.2 Å². The van der Waals surface area contributed by atoms with E-state index in [-0.39, 0.29) is 5.91 Å². The van der Waals surface area contributed by atoms with Gasteiger partial charge in [-0.15, -0.1) is 11.8 Å². The molecule has 1 aliphatic carbocycles. The number of carbonyl (C=O) groups is 1. The van der Waals surface area contributed by atoms with Gasteiger partial charge in [0.2, 0.25) is 5.91 Å². The average Bonchev–Trinajstić information content (AvgIpc) is 2.43. The van der Waals surface area contributed by atoms with E-state index in [1.54, 1.807) is 11.8 Å². The minimum Gasteiger partial charge on any atom is -0.352 e. The maximum Gasteiger partial charge on any atom is 0.230 e. The van der Waals surface area contributed by atoms with E-state index in [4.69, 9.17) is 0 Å². The molecule has 2 rings (SSSR count). The highest BCUT2D eigenvalue weighted by atomic mass is 32.2. The second-order valence-electron chi connectivity index (χ2n) is 6.00. The Hall–Kier alpha value is -0.960. The second kappa shape index (κ2) is 7.16. The molecule has 1 aromatic rings. The van der Waals surface area contributed by atoms with Gasteiger partial charge < -0.3 is 5.32 Å². The summed E-state index contributed by atoms with van der Waals surface area (Å²) < 4.78 is 0. The van der Waals surface area contributed by atoms with E-state index in [0.29, 0.717) is 17.7 Å². The lowest BCUT2D eigenvalue weighted by Gasteiger charge is -2.34. The smallest absolute Gasteiger partial charge is 0.230 e. The molecular weight excluding hydrogens is 266 g/mol. The van der Waals surface area contributed by atoms with Crippen LogP contribution in [0.4, 0.5) is 0 Å². The van der Waals surface area contributed by atoms with E-state index in [1.165, 1.54) is 23.3 Å². The predicted molar refractivity (Wildman–Crippen MR) is 86.0 cm³/mol. The highest BCUT2D eigenvalue weighted by Gasteiger charge is 2.27. The lowest BCUT2D eigenvalue weighted by atomic mass is 9.78. The molecule has 0 bridgehead atoms. The van der Waals surface area contributed by atoms with Crippen molar-refractivity contribution in [2.75, 3.05) is 5.75 Å². The molecule has 1 amide bonds. The van der Waals surface area contributed by atoms with Gasteiger partial charge in [0.05, 0.1) is 5.75 Å². The molecule has 3 heteroatoms. The zero-order valence-electron chi connectivity index (χ0n) is 12.7. The molecular formula is C17H25NOS. The van der Waals surface area contributed by atoms with Crippen LogP contribution in [-0.4, -0.2) is 17.7 Å². The Morgan fingerprint density at radius 3 is 2.80 bits per heavy atom. The number of carbonyl (C=O) groups excluding carboxylic acids is 1. The van der Waals surface area contributed by atoms with Crippen LogP contribution in [0.3, 0.4) is 0 Å². The quantitative estimate of drug-likeness (QED) is 0.849. The first-order chi connectivity index (χ1) is 9.58. The molecule has 1 fully saturated rings. The number of benzene rings is 1. The molecule has 3 unspecified atom stereocenters. The predicted octanol–water partition coefficient (Wildman–Crippen LogP) is 4.03. The van der Waals surface area contributed by atoms with Gasteiger partial charge in [0.25, 0.3) is 0 Å². The number of amides is 1. The van der Waals surface area contributed by atoms with Gasteiger partial charge in [-0.25, -0.2) is 0 Å². The fraction of sp³-hybridized carbons (Fsp3) is 0.588. The molecule has 0 heterocycles. The molecule has 1 aromatic carbocycles. The van der Waals surface area contributed by atoms with E-state index in [1.807, 2.05) is 12.1 Å². The molecule has 1 aliphatic rings. The summed E-state index contributed by atoms with van der Waals surface area (Å²) in [5.41, 5.74) is 1.24. The van der Waals surface area contributed by atoms with E-state index >= 15 is 0 Å². The summed E-state index contributed by atoms with van der Waals surface area (Å²) in [6.07, 6.45) is 3.67. The highest BCUT2D eigenvalue weighted by molar-refractivity contribution is 8.00. The lowest BCUT2D eigenvalue weighted by Crippen LogP contribution is -2.44. The van der Waals surface area contributed by atoms with Crippen LogP contribution < -0.4 is 5.32 Å². The third-order valence-corrected chi connectivity index (χ3v) is 5.68. The van der Waals surface area contributed by atoms with E-state index in [2.05, 4.69) is 38.2 Å². The molecule has 2 nitrogen and oxygen atoms in total. The first kappa shape index (κ1) is 15.4. The third kappa shape index (κ3) is 4.02. The summed E-state index contributed by atoms with van der Waals surface area (Å²) in [5.74, 6) is 2.00. The van der Waals surface area contributed by atoms with Gasteiger partial charge in [-0.1, -0.05) is 44.9 Å². The first-order valence-electron chi connectivity index (χ1n) is 7.55. The number of nitrogens with one attached hydrogen (secondary N) is 1. The van der Waals surface area contributed by atoms with Crippen LogP contribution in [-0.2, 0) is 4.79 Å². The second-order valence-corrected chi connectivity index (χ2v) is 7.01. The molecule has 3 atom stereocenters. The number of thioether (sulfide) groups is 1. The van der Waals surface area contributed by atoms with Crippen molar-refractivity contribution in [3.8, 4) is 0 Å². The Morgan fingerprint density at radius 2 is 2.05 bits per heavy atom.